The minimum absolute atomic E-state index is 0.907. The topological polar surface area (TPSA) is 29.9 Å². The van der Waals surface area contributed by atoms with Crippen molar-refractivity contribution in [2.24, 2.45) is 13.0 Å². The number of rotatable bonds is 5. The van der Waals surface area contributed by atoms with Gasteiger partial charge in [0.05, 0.1) is 15.9 Å². The summed E-state index contributed by atoms with van der Waals surface area (Å²) in [5.41, 5.74) is 2.31. The predicted molar refractivity (Wildman–Crippen MR) is 73.9 cm³/mol. The van der Waals surface area contributed by atoms with Crippen LogP contribution in [0.4, 0.5) is 0 Å². The highest BCUT2D eigenvalue weighted by Crippen LogP contribution is 2.27. The van der Waals surface area contributed by atoms with Gasteiger partial charge in [-0.25, -0.2) is 0 Å². The molecule has 96 valence electrons. The Morgan fingerprint density at radius 3 is 2.71 bits per heavy atom. The van der Waals surface area contributed by atoms with Crippen LogP contribution in [-0.2, 0) is 13.6 Å². The third-order valence-corrected chi connectivity index (χ3v) is 4.79. The summed E-state index contributed by atoms with van der Waals surface area (Å²) in [6.07, 6.45) is 7.09. The first-order valence-electron chi connectivity index (χ1n) is 6.57. The maximum absolute atomic E-state index is 4.40. The molecule has 0 spiro atoms. The van der Waals surface area contributed by atoms with Crippen LogP contribution in [-0.4, -0.2) is 16.3 Å². The molecule has 0 atom stereocenters. The van der Waals surface area contributed by atoms with Gasteiger partial charge in [0.15, 0.2) is 0 Å². The molecular weight excluding hydrogens is 278 g/mol. The van der Waals surface area contributed by atoms with Gasteiger partial charge in [-0.2, -0.15) is 5.10 Å². The molecule has 1 aliphatic rings. The molecule has 0 saturated heterocycles. The lowest BCUT2D eigenvalue weighted by Crippen LogP contribution is -2.19. The average molecular weight is 300 g/mol. The lowest BCUT2D eigenvalue weighted by Gasteiger charge is -2.10. The summed E-state index contributed by atoms with van der Waals surface area (Å²) < 4.78 is 3.11. The van der Waals surface area contributed by atoms with Gasteiger partial charge >= 0.3 is 0 Å². The van der Waals surface area contributed by atoms with Gasteiger partial charge in [-0.05, 0) is 41.7 Å². The third kappa shape index (κ3) is 3.32. The van der Waals surface area contributed by atoms with E-state index in [1.807, 2.05) is 18.7 Å². The second kappa shape index (κ2) is 6.01. The SMILES string of the molecule is Cc1nn(C)c(CNCCC2CCCC2)c1Br. The van der Waals surface area contributed by atoms with Crippen LogP contribution in [0.25, 0.3) is 0 Å². The molecule has 1 aromatic rings. The largest absolute Gasteiger partial charge is 0.311 e. The molecule has 1 aromatic heterocycles. The van der Waals surface area contributed by atoms with Gasteiger partial charge in [0, 0.05) is 13.6 Å². The average Bonchev–Trinajstić information content (AvgIpc) is 2.87. The monoisotopic (exact) mass is 299 g/mol. The van der Waals surface area contributed by atoms with Crippen LogP contribution in [0.1, 0.15) is 43.5 Å². The minimum Gasteiger partial charge on any atom is -0.311 e. The summed E-state index contributed by atoms with van der Waals surface area (Å²) in [5.74, 6) is 0.971. The smallest absolute Gasteiger partial charge is 0.0739 e. The van der Waals surface area contributed by atoms with Crippen molar-refractivity contribution in [1.82, 2.24) is 15.1 Å². The van der Waals surface area contributed by atoms with Crippen molar-refractivity contribution in [2.45, 2.75) is 45.6 Å². The Kier molecular flexibility index (Phi) is 4.62. The molecule has 0 amide bonds. The summed E-state index contributed by atoms with van der Waals surface area (Å²) in [6.45, 7) is 4.07. The molecule has 1 N–H and O–H groups in total. The molecule has 0 aromatic carbocycles. The van der Waals surface area contributed by atoms with Gasteiger partial charge < -0.3 is 5.32 Å². The maximum Gasteiger partial charge on any atom is 0.0739 e. The third-order valence-electron chi connectivity index (χ3n) is 3.76. The molecular formula is C13H22BrN3. The maximum atomic E-state index is 4.40. The fourth-order valence-electron chi connectivity index (χ4n) is 2.68. The van der Waals surface area contributed by atoms with E-state index < -0.39 is 0 Å². The zero-order valence-corrected chi connectivity index (χ0v) is 12.4. The second-order valence-electron chi connectivity index (χ2n) is 5.09. The van der Waals surface area contributed by atoms with Crippen molar-refractivity contribution in [1.29, 1.82) is 0 Å². The summed E-state index contributed by atoms with van der Waals surface area (Å²) in [6, 6.07) is 0. The molecule has 17 heavy (non-hydrogen) atoms. The van der Waals surface area contributed by atoms with E-state index in [1.54, 1.807) is 0 Å². The van der Waals surface area contributed by atoms with Crippen molar-refractivity contribution in [3.63, 3.8) is 0 Å². The van der Waals surface area contributed by atoms with Gasteiger partial charge in [-0.15, -0.1) is 0 Å². The van der Waals surface area contributed by atoms with Crippen LogP contribution in [0.3, 0.4) is 0 Å². The van der Waals surface area contributed by atoms with Crippen molar-refractivity contribution >= 4 is 15.9 Å². The first-order valence-corrected chi connectivity index (χ1v) is 7.36. The summed E-state index contributed by atoms with van der Waals surface area (Å²) in [5, 5.41) is 7.93. The van der Waals surface area contributed by atoms with Gasteiger partial charge in [0.1, 0.15) is 0 Å². The van der Waals surface area contributed by atoms with Crippen LogP contribution in [0.15, 0.2) is 4.47 Å². The summed E-state index contributed by atoms with van der Waals surface area (Å²) in [7, 11) is 2.01. The zero-order valence-electron chi connectivity index (χ0n) is 10.8. The van der Waals surface area contributed by atoms with E-state index in [2.05, 4.69) is 26.3 Å². The van der Waals surface area contributed by atoms with E-state index >= 15 is 0 Å². The van der Waals surface area contributed by atoms with E-state index in [1.165, 1.54) is 37.8 Å². The van der Waals surface area contributed by atoms with E-state index in [0.717, 1.165) is 29.2 Å². The number of aromatic nitrogens is 2. The molecule has 1 fully saturated rings. The lowest BCUT2D eigenvalue weighted by atomic mass is 10.0. The quantitative estimate of drug-likeness (QED) is 0.847. The molecule has 1 aliphatic carbocycles. The standard InChI is InChI=1S/C13H22BrN3/c1-10-13(14)12(17(2)16-10)9-15-8-7-11-5-3-4-6-11/h11,15H,3-9H2,1-2H3. The van der Waals surface area contributed by atoms with Crippen LogP contribution >= 0.6 is 15.9 Å². The minimum atomic E-state index is 0.907. The van der Waals surface area contributed by atoms with Gasteiger partial charge in [0.25, 0.3) is 0 Å². The van der Waals surface area contributed by atoms with E-state index in [4.69, 9.17) is 0 Å². The van der Waals surface area contributed by atoms with Gasteiger partial charge in [0.2, 0.25) is 0 Å². The highest BCUT2D eigenvalue weighted by atomic mass is 79.9. The highest BCUT2D eigenvalue weighted by Gasteiger charge is 2.14. The highest BCUT2D eigenvalue weighted by molar-refractivity contribution is 9.10. The van der Waals surface area contributed by atoms with Crippen molar-refractivity contribution in [3.05, 3.63) is 15.9 Å². The van der Waals surface area contributed by atoms with Crippen molar-refractivity contribution < 1.29 is 0 Å². The fraction of sp³-hybridized carbons (Fsp3) is 0.769. The van der Waals surface area contributed by atoms with Crippen molar-refractivity contribution in [2.75, 3.05) is 6.54 Å². The Hall–Kier alpha value is -0.350. The molecule has 0 bridgehead atoms. The molecule has 0 unspecified atom stereocenters. The van der Waals surface area contributed by atoms with Crippen LogP contribution in [0.2, 0.25) is 0 Å². The number of hydrogen-bond donors (Lipinski definition) is 1. The Balaban J connectivity index is 1.74. The first kappa shape index (κ1) is 13.1. The fourth-order valence-corrected chi connectivity index (χ4v) is 3.16. The van der Waals surface area contributed by atoms with Gasteiger partial charge in [-0.1, -0.05) is 25.7 Å². The molecule has 1 saturated carbocycles. The second-order valence-corrected chi connectivity index (χ2v) is 5.88. The van der Waals surface area contributed by atoms with Crippen LogP contribution in [0, 0.1) is 12.8 Å². The number of hydrogen-bond acceptors (Lipinski definition) is 2. The molecule has 2 rings (SSSR count). The Labute approximate surface area is 112 Å². The van der Waals surface area contributed by atoms with Crippen molar-refractivity contribution in [3.8, 4) is 0 Å². The number of nitrogens with one attached hydrogen (secondary N) is 1. The Morgan fingerprint density at radius 1 is 1.41 bits per heavy atom. The first-order chi connectivity index (χ1) is 8.18. The number of halogens is 1. The predicted octanol–water partition coefficient (Wildman–Crippen LogP) is 3.16. The van der Waals surface area contributed by atoms with E-state index in [-0.39, 0.29) is 0 Å². The molecule has 3 nitrogen and oxygen atoms in total. The Bertz CT molecular complexity index is 367. The van der Waals surface area contributed by atoms with E-state index in [0.29, 0.717) is 0 Å². The van der Waals surface area contributed by atoms with Gasteiger partial charge in [-0.3, -0.25) is 4.68 Å². The van der Waals surface area contributed by atoms with Crippen LogP contribution in [0.5, 0.6) is 0 Å². The molecule has 0 radical (unpaired) electrons. The summed E-state index contributed by atoms with van der Waals surface area (Å²) in [4.78, 5) is 0. The summed E-state index contributed by atoms with van der Waals surface area (Å²) >= 11 is 3.60. The van der Waals surface area contributed by atoms with E-state index in [9.17, 15) is 0 Å². The molecule has 0 aliphatic heterocycles. The zero-order chi connectivity index (χ0) is 12.3. The van der Waals surface area contributed by atoms with Crippen LogP contribution < -0.4 is 5.32 Å². The molecule has 4 heteroatoms. The lowest BCUT2D eigenvalue weighted by molar-refractivity contribution is 0.473. The number of aryl methyl sites for hydroxylation is 2. The normalized spacial score (nSPS) is 16.9. The Morgan fingerprint density at radius 2 is 2.12 bits per heavy atom. The molecule has 1 heterocycles. The number of nitrogens with zero attached hydrogens (tertiary/aromatic N) is 2.